The zero-order valence-corrected chi connectivity index (χ0v) is 11.2. The van der Waals surface area contributed by atoms with Gasteiger partial charge in [0.2, 0.25) is 10.0 Å². The first kappa shape index (κ1) is 13.9. The molecule has 0 unspecified atom stereocenters. The molecule has 0 aliphatic carbocycles. The zero-order chi connectivity index (χ0) is 12.9. The molecule has 0 saturated carbocycles. The molecule has 17 heavy (non-hydrogen) atoms. The van der Waals surface area contributed by atoms with Gasteiger partial charge in [0, 0.05) is 6.42 Å². The molecule has 0 aliphatic rings. The summed E-state index contributed by atoms with van der Waals surface area (Å²) in [6.07, 6.45) is 1.28. The lowest BCUT2D eigenvalue weighted by molar-refractivity contribution is -0.137. The van der Waals surface area contributed by atoms with E-state index in [0.29, 0.717) is 10.3 Å². The molecule has 1 aromatic heterocycles. The van der Waals surface area contributed by atoms with E-state index in [-0.39, 0.29) is 18.6 Å². The predicted octanol–water partition coefficient (Wildman–Crippen LogP) is 1.45. The molecular weight excluding hydrogens is 312 g/mol. The molecule has 2 N–H and O–H groups in total. The van der Waals surface area contributed by atoms with Crippen molar-refractivity contribution in [1.82, 2.24) is 4.98 Å². The third-order valence-corrected chi connectivity index (χ3v) is 3.65. The molecule has 0 fully saturated rings. The number of carboxylic acid groups (broad SMARTS) is 1. The second-order valence-corrected chi connectivity index (χ2v) is 5.94. The number of aromatic nitrogens is 1. The summed E-state index contributed by atoms with van der Waals surface area (Å²) in [5.74, 6) is -1.24. The highest BCUT2D eigenvalue weighted by Crippen LogP contribution is 2.12. The van der Waals surface area contributed by atoms with E-state index in [1.165, 1.54) is 6.20 Å². The highest BCUT2D eigenvalue weighted by atomic mass is 79.9. The predicted molar refractivity (Wildman–Crippen MR) is 66.2 cm³/mol. The third-order valence-electron chi connectivity index (χ3n) is 1.80. The van der Waals surface area contributed by atoms with Gasteiger partial charge in [-0.15, -0.1) is 0 Å². The number of nitrogens with one attached hydrogen (secondary N) is 1. The van der Waals surface area contributed by atoms with Gasteiger partial charge in [0.05, 0.1) is 17.6 Å². The Hall–Kier alpha value is -1.15. The van der Waals surface area contributed by atoms with Gasteiger partial charge in [-0.05, 0) is 34.5 Å². The molecular formula is C9H11BrN2O4S. The second-order valence-electron chi connectivity index (χ2n) is 3.29. The number of carbonyl (C=O) groups is 1. The van der Waals surface area contributed by atoms with E-state index in [4.69, 9.17) is 5.11 Å². The van der Waals surface area contributed by atoms with E-state index < -0.39 is 16.0 Å². The molecule has 8 heteroatoms. The highest BCUT2D eigenvalue weighted by Gasteiger charge is 2.11. The Balaban J connectivity index is 2.54. The van der Waals surface area contributed by atoms with Crippen molar-refractivity contribution < 1.29 is 18.3 Å². The van der Waals surface area contributed by atoms with Crippen LogP contribution in [0.15, 0.2) is 22.9 Å². The highest BCUT2D eigenvalue weighted by molar-refractivity contribution is 9.10. The van der Waals surface area contributed by atoms with Crippen molar-refractivity contribution in [1.29, 1.82) is 0 Å². The Kier molecular flexibility index (Phi) is 4.88. The van der Waals surface area contributed by atoms with Gasteiger partial charge in [-0.3, -0.25) is 9.52 Å². The summed E-state index contributed by atoms with van der Waals surface area (Å²) in [5.41, 5.74) is 0.350. The molecule has 0 spiro atoms. The third kappa shape index (κ3) is 5.64. The maximum Gasteiger partial charge on any atom is 0.303 e. The lowest BCUT2D eigenvalue weighted by atomic mass is 10.3. The van der Waals surface area contributed by atoms with E-state index in [0.717, 1.165) is 0 Å². The number of rotatable bonds is 6. The Morgan fingerprint density at radius 3 is 2.71 bits per heavy atom. The fourth-order valence-corrected chi connectivity index (χ4v) is 2.42. The van der Waals surface area contributed by atoms with Gasteiger partial charge >= 0.3 is 5.97 Å². The summed E-state index contributed by atoms with van der Waals surface area (Å²) in [5, 5.41) is 8.40. The van der Waals surface area contributed by atoms with Gasteiger partial charge in [0.15, 0.2) is 0 Å². The van der Waals surface area contributed by atoms with E-state index in [1.54, 1.807) is 12.1 Å². The minimum absolute atomic E-state index is 0.0780. The number of carboxylic acids is 1. The van der Waals surface area contributed by atoms with Crippen molar-refractivity contribution in [2.45, 2.75) is 12.8 Å². The normalized spacial score (nSPS) is 11.1. The van der Waals surface area contributed by atoms with Crippen LogP contribution in [-0.4, -0.2) is 30.2 Å². The molecule has 6 nitrogen and oxygen atoms in total. The first-order valence-electron chi connectivity index (χ1n) is 4.73. The van der Waals surface area contributed by atoms with Gasteiger partial charge in [0.1, 0.15) is 4.60 Å². The first-order valence-corrected chi connectivity index (χ1v) is 7.17. The fraction of sp³-hybridized carbons (Fsp3) is 0.333. The van der Waals surface area contributed by atoms with Crippen LogP contribution in [0.2, 0.25) is 0 Å². The largest absolute Gasteiger partial charge is 0.481 e. The first-order chi connectivity index (χ1) is 7.89. The number of hydrogen-bond acceptors (Lipinski definition) is 4. The van der Waals surface area contributed by atoms with Crippen LogP contribution < -0.4 is 4.72 Å². The number of pyridine rings is 1. The van der Waals surface area contributed by atoms with E-state index in [2.05, 4.69) is 25.6 Å². The summed E-state index contributed by atoms with van der Waals surface area (Å²) in [7, 11) is -3.51. The number of halogens is 1. The molecule has 0 bridgehead atoms. The van der Waals surface area contributed by atoms with Crippen LogP contribution >= 0.6 is 15.9 Å². The van der Waals surface area contributed by atoms with Crippen LogP contribution in [0.4, 0.5) is 5.69 Å². The van der Waals surface area contributed by atoms with Gasteiger partial charge in [-0.25, -0.2) is 13.4 Å². The monoisotopic (exact) mass is 322 g/mol. The summed E-state index contributed by atoms with van der Waals surface area (Å²) in [6, 6.07) is 3.17. The van der Waals surface area contributed by atoms with Crippen molar-refractivity contribution in [2.75, 3.05) is 10.5 Å². The second kappa shape index (κ2) is 5.97. The van der Waals surface area contributed by atoms with Crippen LogP contribution in [-0.2, 0) is 14.8 Å². The Morgan fingerprint density at radius 2 is 2.18 bits per heavy atom. The van der Waals surface area contributed by atoms with Crippen LogP contribution in [0, 0.1) is 0 Å². The van der Waals surface area contributed by atoms with Gasteiger partial charge < -0.3 is 5.11 Å². The van der Waals surface area contributed by atoms with Gasteiger partial charge in [-0.2, -0.15) is 0 Å². The summed E-state index contributed by atoms with van der Waals surface area (Å²) >= 11 is 3.13. The fourth-order valence-electron chi connectivity index (χ4n) is 1.08. The lowest BCUT2D eigenvalue weighted by Gasteiger charge is -2.06. The number of sulfonamides is 1. The zero-order valence-electron chi connectivity index (χ0n) is 8.76. The molecule has 1 rings (SSSR count). The Labute approximate surface area is 107 Å². The summed E-state index contributed by atoms with van der Waals surface area (Å²) in [6.45, 7) is 0. The van der Waals surface area contributed by atoms with Crippen molar-refractivity contribution in [3.8, 4) is 0 Å². The SMILES string of the molecule is O=C(O)CCCS(=O)(=O)Nc1ccc(Br)nc1. The average molecular weight is 323 g/mol. The quantitative estimate of drug-likeness (QED) is 0.773. The Bertz CT molecular complexity index is 486. The van der Waals surface area contributed by atoms with Crippen molar-refractivity contribution in [3.05, 3.63) is 22.9 Å². The van der Waals surface area contributed by atoms with Crippen LogP contribution in [0.5, 0.6) is 0 Å². The van der Waals surface area contributed by atoms with Crippen LogP contribution in [0.3, 0.4) is 0 Å². The molecule has 0 atom stereocenters. The Morgan fingerprint density at radius 1 is 1.47 bits per heavy atom. The smallest absolute Gasteiger partial charge is 0.303 e. The van der Waals surface area contributed by atoms with Crippen molar-refractivity contribution >= 4 is 37.6 Å². The van der Waals surface area contributed by atoms with Gasteiger partial charge in [-0.1, -0.05) is 0 Å². The molecule has 94 valence electrons. The number of aliphatic carboxylic acids is 1. The summed E-state index contributed by atoms with van der Waals surface area (Å²) < 4.78 is 26.0. The molecule has 0 aliphatic heterocycles. The van der Waals surface area contributed by atoms with Crippen LogP contribution in [0.1, 0.15) is 12.8 Å². The molecule has 0 aromatic carbocycles. The molecule has 0 radical (unpaired) electrons. The maximum atomic E-state index is 11.5. The van der Waals surface area contributed by atoms with E-state index >= 15 is 0 Å². The average Bonchev–Trinajstić information content (AvgIpc) is 2.20. The van der Waals surface area contributed by atoms with Gasteiger partial charge in [0.25, 0.3) is 0 Å². The lowest BCUT2D eigenvalue weighted by Crippen LogP contribution is -2.17. The van der Waals surface area contributed by atoms with Crippen molar-refractivity contribution in [3.63, 3.8) is 0 Å². The molecule has 1 aromatic rings. The number of anilines is 1. The summed E-state index contributed by atoms with van der Waals surface area (Å²) in [4.78, 5) is 14.1. The number of hydrogen-bond donors (Lipinski definition) is 2. The molecule has 0 amide bonds. The maximum absolute atomic E-state index is 11.5. The standard InChI is InChI=1S/C9H11BrN2O4S/c10-8-4-3-7(6-11-8)12-17(15,16)5-1-2-9(13)14/h3-4,6,12H,1-2,5H2,(H,13,14). The minimum Gasteiger partial charge on any atom is -0.481 e. The topological polar surface area (TPSA) is 96.4 Å². The van der Waals surface area contributed by atoms with Crippen LogP contribution in [0.25, 0.3) is 0 Å². The van der Waals surface area contributed by atoms with Crippen molar-refractivity contribution in [2.24, 2.45) is 0 Å². The minimum atomic E-state index is -3.51. The molecule has 0 saturated heterocycles. The number of nitrogens with zero attached hydrogens (tertiary/aromatic N) is 1. The molecule has 1 heterocycles. The van der Waals surface area contributed by atoms with E-state index in [9.17, 15) is 13.2 Å². The van der Waals surface area contributed by atoms with E-state index in [1.807, 2.05) is 0 Å².